The fraction of sp³-hybridized carbons (Fsp3) is 0.333. The molecule has 0 aliphatic carbocycles. The van der Waals surface area contributed by atoms with Crippen LogP contribution in [0.5, 0.6) is 0 Å². The topological polar surface area (TPSA) is 79.5 Å². The second-order valence-corrected chi connectivity index (χ2v) is 5.44. The number of anilines is 1. The number of fused-ring (bicyclic) bond motifs is 1. The van der Waals surface area contributed by atoms with Crippen LogP contribution in [0.15, 0.2) is 18.2 Å². The number of β-amino-alcohol motifs (C(OH)–C–C–N with tert-alkyl or cyclic N) is 1. The minimum absolute atomic E-state index is 0.266. The number of rotatable bonds is 2. The fourth-order valence-electron chi connectivity index (χ4n) is 2.12. The number of aromatic nitrogens is 1. The second-order valence-electron chi connectivity index (χ2n) is 4.43. The lowest BCUT2D eigenvalue weighted by Crippen LogP contribution is -2.20. The molecule has 3 rings (SSSR count). The van der Waals surface area contributed by atoms with E-state index in [2.05, 4.69) is 9.88 Å². The Hall–Kier alpha value is -1.66. The lowest BCUT2D eigenvalue weighted by Gasteiger charge is -2.12. The van der Waals surface area contributed by atoms with Gasteiger partial charge in [-0.05, 0) is 24.6 Å². The standard InChI is InChI=1S/C12H13N3O2S/c13-11(17)7-1-2-10-9(5-7)14-12(18-10)15-4-3-8(16)6-15/h1-2,5,8,16H,3-4,6H2,(H2,13,17)/t8-/m1/s1. The molecule has 1 fully saturated rings. The first-order chi connectivity index (χ1) is 8.63. The summed E-state index contributed by atoms with van der Waals surface area (Å²) in [6.45, 7) is 1.45. The Kier molecular flexibility index (Phi) is 2.68. The summed E-state index contributed by atoms with van der Waals surface area (Å²) in [6.07, 6.45) is 0.515. The van der Waals surface area contributed by atoms with Crippen LogP contribution < -0.4 is 10.6 Å². The number of primary amides is 1. The quantitative estimate of drug-likeness (QED) is 0.846. The molecule has 2 heterocycles. The predicted molar refractivity (Wildman–Crippen MR) is 71.0 cm³/mol. The van der Waals surface area contributed by atoms with Gasteiger partial charge in [0.15, 0.2) is 5.13 Å². The molecule has 1 amide bonds. The van der Waals surface area contributed by atoms with Gasteiger partial charge in [0.25, 0.3) is 0 Å². The van der Waals surface area contributed by atoms with Crippen molar-refractivity contribution in [1.82, 2.24) is 4.98 Å². The third-order valence-electron chi connectivity index (χ3n) is 3.09. The number of aliphatic hydroxyl groups excluding tert-OH is 1. The van der Waals surface area contributed by atoms with Crippen LogP contribution in [0, 0.1) is 0 Å². The Morgan fingerprint density at radius 2 is 2.39 bits per heavy atom. The monoisotopic (exact) mass is 263 g/mol. The average Bonchev–Trinajstić information content (AvgIpc) is 2.93. The molecule has 1 aliphatic heterocycles. The molecule has 0 radical (unpaired) electrons. The van der Waals surface area contributed by atoms with Crippen LogP contribution in [0.1, 0.15) is 16.8 Å². The number of benzene rings is 1. The first-order valence-corrected chi connectivity index (χ1v) is 6.58. The third-order valence-corrected chi connectivity index (χ3v) is 4.19. The number of thiazole rings is 1. The number of carbonyl (C=O) groups is 1. The number of hydrogen-bond acceptors (Lipinski definition) is 5. The Bertz CT molecular complexity index is 610. The molecule has 1 aromatic carbocycles. The molecular weight excluding hydrogens is 250 g/mol. The SMILES string of the molecule is NC(=O)c1ccc2sc(N3CC[C@@H](O)C3)nc2c1. The second kappa shape index (κ2) is 4.22. The molecule has 0 unspecified atom stereocenters. The Morgan fingerprint density at radius 3 is 3.06 bits per heavy atom. The number of nitrogens with zero attached hydrogens (tertiary/aromatic N) is 2. The van der Waals surface area contributed by atoms with E-state index in [1.807, 2.05) is 6.07 Å². The van der Waals surface area contributed by atoms with Gasteiger partial charge >= 0.3 is 0 Å². The summed E-state index contributed by atoms with van der Waals surface area (Å²) in [4.78, 5) is 17.7. The number of aliphatic hydroxyl groups is 1. The summed E-state index contributed by atoms with van der Waals surface area (Å²) >= 11 is 1.57. The van der Waals surface area contributed by atoms with Gasteiger partial charge in [0, 0.05) is 18.7 Å². The van der Waals surface area contributed by atoms with Gasteiger partial charge in [0.1, 0.15) is 0 Å². The summed E-state index contributed by atoms with van der Waals surface area (Å²) < 4.78 is 1.02. The maximum atomic E-state index is 11.1. The van der Waals surface area contributed by atoms with E-state index in [-0.39, 0.29) is 6.10 Å². The van der Waals surface area contributed by atoms with Crippen molar-refractivity contribution in [2.24, 2.45) is 5.73 Å². The summed E-state index contributed by atoms with van der Waals surface area (Å²) in [5.41, 5.74) is 6.50. The largest absolute Gasteiger partial charge is 0.391 e. The van der Waals surface area contributed by atoms with Crippen LogP contribution in [-0.4, -0.2) is 35.2 Å². The van der Waals surface area contributed by atoms with Crippen molar-refractivity contribution in [3.8, 4) is 0 Å². The summed E-state index contributed by atoms with van der Waals surface area (Å²) in [7, 11) is 0. The first-order valence-electron chi connectivity index (χ1n) is 5.77. The highest BCUT2D eigenvalue weighted by Crippen LogP contribution is 2.31. The van der Waals surface area contributed by atoms with E-state index in [0.29, 0.717) is 12.1 Å². The number of nitrogens with two attached hydrogens (primary N) is 1. The van der Waals surface area contributed by atoms with Crippen molar-refractivity contribution in [3.63, 3.8) is 0 Å². The molecule has 0 saturated carbocycles. The van der Waals surface area contributed by atoms with Crippen molar-refractivity contribution in [2.45, 2.75) is 12.5 Å². The van der Waals surface area contributed by atoms with Gasteiger partial charge < -0.3 is 15.7 Å². The first kappa shape index (κ1) is 11.4. The zero-order chi connectivity index (χ0) is 12.7. The van der Waals surface area contributed by atoms with Crippen molar-refractivity contribution < 1.29 is 9.90 Å². The average molecular weight is 263 g/mol. The smallest absolute Gasteiger partial charge is 0.248 e. The molecule has 5 nitrogen and oxygen atoms in total. The lowest BCUT2D eigenvalue weighted by molar-refractivity contribution is 0.100. The summed E-state index contributed by atoms with van der Waals surface area (Å²) in [6, 6.07) is 5.29. The molecule has 2 aromatic rings. The van der Waals surface area contributed by atoms with E-state index < -0.39 is 5.91 Å². The van der Waals surface area contributed by atoms with Gasteiger partial charge in [-0.15, -0.1) is 0 Å². The molecule has 0 bridgehead atoms. The van der Waals surface area contributed by atoms with Gasteiger partial charge in [-0.1, -0.05) is 11.3 Å². The van der Waals surface area contributed by atoms with Gasteiger partial charge in [0.2, 0.25) is 5.91 Å². The Labute approximate surface area is 108 Å². The third kappa shape index (κ3) is 1.93. The van der Waals surface area contributed by atoms with Gasteiger partial charge in [-0.25, -0.2) is 4.98 Å². The zero-order valence-electron chi connectivity index (χ0n) is 9.67. The van der Waals surface area contributed by atoms with Gasteiger partial charge in [-0.2, -0.15) is 0 Å². The Balaban J connectivity index is 1.98. The van der Waals surface area contributed by atoms with Crippen molar-refractivity contribution >= 4 is 32.6 Å². The minimum atomic E-state index is -0.442. The molecule has 1 aliphatic rings. The van der Waals surface area contributed by atoms with Crippen LogP contribution >= 0.6 is 11.3 Å². The molecule has 3 N–H and O–H groups in total. The van der Waals surface area contributed by atoms with Crippen LogP contribution in [0.4, 0.5) is 5.13 Å². The van der Waals surface area contributed by atoms with Crippen molar-refractivity contribution in [3.05, 3.63) is 23.8 Å². The number of hydrogen-bond donors (Lipinski definition) is 2. The fourth-order valence-corrected chi connectivity index (χ4v) is 3.10. The van der Waals surface area contributed by atoms with E-state index in [9.17, 15) is 9.90 Å². The van der Waals surface area contributed by atoms with E-state index in [0.717, 1.165) is 28.3 Å². The van der Waals surface area contributed by atoms with Gasteiger partial charge in [0.05, 0.1) is 16.3 Å². The molecule has 1 atom stereocenters. The van der Waals surface area contributed by atoms with Crippen molar-refractivity contribution in [1.29, 1.82) is 0 Å². The van der Waals surface area contributed by atoms with Crippen molar-refractivity contribution in [2.75, 3.05) is 18.0 Å². The highest BCUT2D eigenvalue weighted by molar-refractivity contribution is 7.22. The summed E-state index contributed by atoms with van der Waals surface area (Å²) in [5, 5.41) is 10.4. The van der Waals surface area contributed by atoms with Crippen LogP contribution in [0.2, 0.25) is 0 Å². The molecule has 6 heteroatoms. The maximum Gasteiger partial charge on any atom is 0.248 e. The lowest BCUT2D eigenvalue weighted by atomic mass is 10.2. The molecule has 0 spiro atoms. The van der Waals surface area contributed by atoms with E-state index in [4.69, 9.17) is 5.73 Å². The highest BCUT2D eigenvalue weighted by Gasteiger charge is 2.23. The normalized spacial score (nSPS) is 19.6. The minimum Gasteiger partial charge on any atom is -0.391 e. The zero-order valence-corrected chi connectivity index (χ0v) is 10.5. The predicted octanol–water partition coefficient (Wildman–Crippen LogP) is 0.966. The molecular formula is C12H13N3O2S. The van der Waals surface area contributed by atoms with E-state index in [1.54, 1.807) is 23.5 Å². The van der Waals surface area contributed by atoms with Gasteiger partial charge in [-0.3, -0.25) is 4.79 Å². The van der Waals surface area contributed by atoms with Crippen LogP contribution in [0.3, 0.4) is 0 Å². The molecule has 94 valence electrons. The Morgan fingerprint density at radius 1 is 1.56 bits per heavy atom. The van der Waals surface area contributed by atoms with Crippen LogP contribution in [0.25, 0.3) is 10.2 Å². The molecule has 18 heavy (non-hydrogen) atoms. The maximum absolute atomic E-state index is 11.1. The molecule has 1 saturated heterocycles. The van der Waals surface area contributed by atoms with E-state index >= 15 is 0 Å². The number of carbonyl (C=O) groups excluding carboxylic acids is 1. The van der Waals surface area contributed by atoms with Crippen LogP contribution in [-0.2, 0) is 0 Å². The number of amides is 1. The molecule has 1 aromatic heterocycles. The summed E-state index contributed by atoms with van der Waals surface area (Å²) in [5.74, 6) is -0.442. The highest BCUT2D eigenvalue weighted by atomic mass is 32.1. The van der Waals surface area contributed by atoms with E-state index in [1.165, 1.54) is 0 Å².